The van der Waals surface area contributed by atoms with Crippen molar-refractivity contribution in [3.63, 3.8) is 0 Å². The van der Waals surface area contributed by atoms with Gasteiger partial charge in [0.05, 0.1) is 0 Å². The van der Waals surface area contributed by atoms with Crippen molar-refractivity contribution in [3.8, 4) is 0 Å². The van der Waals surface area contributed by atoms with Crippen LogP contribution >= 0.6 is 18.5 Å². The largest absolute Gasteiger partial charge is 0.249 e. The summed E-state index contributed by atoms with van der Waals surface area (Å²) in [6.07, 6.45) is 0. The zero-order valence-electron chi connectivity index (χ0n) is 10.3. The van der Waals surface area contributed by atoms with Gasteiger partial charge < -0.3 is 0 Å². The molecule has 0 saturated heterocycles. The Morgan fingerprint density at radius 3 is 1.59 bits per heavy atom. The Labute approximate surface area is 108 Å². The van der Waals surface area contributed by atoms with Gasteiger partial charge >= 0.3 is 0 Å². The van der Waals surface area contributed by atoms with Crippen molar-refractivity contribution in [3.05, 3.63) is 35.4 Å². The van der Waals surface area contributed by atoms with Crippen LogP contribution in [0.15, 0.2) is 24.3 Å². The molecule has 0 aliphatic carbocycles. The Bertz CT molecular complexity index is 388. The molecule has 1 aromatic carbocycles. The van der Waals surface area contributed by atoms with E-state index >= 15 is 0 Å². The van der Waals surface area contributed by atoms with Crippen molar-refractivity contribution in [2.75, 3.05) is 0 Å². The topological polar surface area (TPSA) is 0 Å². The van der Waals surface area contributed by atoms with E-state index in [1.807, 2.05) is 0 Å². The summed E-state index contributed by atoms with van der Waals surface area (Å²) in [4.78, 5) is -0.875. The molecule has 1 aromatic rings. The molecule has 92 valence electrons. The monoisotopic (exact) mass is 272 g/mol. The van der Waals surface area contributed by atoms with Crippen LogP contribution in [0.25, 0.3) is 0 Å². The standard InChI is InChI=1S/C12H17BF2P2/c1-10(2,14)8-4-6-9(7-5-8)12(13,15)11(3,16)17/h4-7H,16-17H2,1-3H3. The van der Waals surface area contributed by atoms with Gasteiger partial charge in [0.25, 0.3) is 0 Å². The lowest BCUT2D eigenvalue weighted by molar-refractivity contribution is 0.221. The van der Waals surface area contributed by atoms with Crippen LogP contribution in [-0.4, -0.2) is 12.7 Å². The fourth-order valence-corrected chi connectivity index (χ4v) is 1.75. The molecule has 2 radical (unpaired) electrons. The second kappa shape index (κ2) is 4.59. The van der Waals surface area contributed by atoms with E-state index < -0.39 is 16.1 Å². The fourth-order valence-electron chi connectivity index (χ4n) is 1.42. The van der Waals surface area contributed by atoms with Crippen LogP contribution in [0.1, 0.15) is 31.9 Å². The molecule has 3 atom stereocenters. The first-order chi connectivity index (χ1) is 7.46. The summed E-state index contributed by atoms with van der Waals surface area (Å²) in [5, 5.41) is 0. The molecule has 0 amide bonds. The van der Waals surface area contributed by atoms with Crippen LogP contribution in [0.4, 0.5) is 8.78 Å². The Kier molecular flexibility index (Phi) is 4.07. The van der Waals surface area contributed by atoms with Crippen LogP contribution in [0, 0.1) is 0 Å². The third kappa shape index (κ3) is 3.27. The number of rotatable bonds is 3. The third-order valence-electron chi connectivity index (χ3n) is 2.78. The molecule has 0 N–H and O–H groups in total. The maximum absolute atomic E-state index is 14.4. The lowest BCUT2D eigenvalue weighted by Crippen LogP contribution is -2.37. The summed E-state index contributed by atoms with van der Waals surface area (Å²) in [5.74, 6) is 0. The van der Waals surface area contributed by atoms with E-state index in [0.717, 1.165) is 0 Å². The number of benzene rings is 1. The molecule has 0 spiro atoms. The highest BCUT2D eigenvalue weighted by Gasteiger charge is 2.39. The average Bonchev–Trinajstić information content (AvgIpc) is 2.15. The highest BCUT2D eigenvalue weighted by Crippen LogP contribution is 2.45. The van der Waals surface area contributed by atoms with E-state index in [9.17, 15) is 8.78 Å². The number of hydrogen-bond acceptors (Lipinski definition) is 0. The molecule has 3 unspecified atom stereocenters. The van der Waals surface area contributed by atoms with Crippen molar-refractivity contribution in [1.29, 1.82) is 0 Å². The van der Waals surface area contributed by atoms with Gasteiger partial charge in [-0.25, -0.2) is 8.78 Å². The molecule has 0 aromatic heterocycles. The van der Waals surface area contributed by atoms with E-state index in [2.05, 4.69) is 18.5 Å². The minimum absolute atomic E-state index is 0.331. The minimum atomic E-state index is -2.00. The molecule has 17 heavy (non-hydrogen) atoms. The molecule has 0 aliphatic heterocycles. The smallest absolute Gasteiger partial charge is 0.130 e. The van der Waals surface area contributed by atoms with Gasteiger partial charge in [-0.3, -0.25) is 0 Å². The Balaban J connectivity index is 3.12. The molecule has 1 rings (SSSR count). The number of halogens is 2. The van der Waals surface area contributed by atoms with Crippen LogP contribution in [-0.2, 0) is 11.2 Å². The average molecular weight is 272 g/mol. The predicted molar refractivity (Wildman–Crippen MR) is 76.9 cm³/mol. The van der Waals surface area contributed by atoms with Gasteiger partial charge in [0, 0.05) is 4.90 Å². The molecular formula is C12H17BF2P2. The fraction of sp³-hybridized carbons (Fsp3) is 0.500. The molecule has 0 saturated carbocycles. The Morgan fingerprint density at radius 1 is 0.941 bits per heavy atom. The molecule has 0 fully saturated rings. The van der Waals surface area contributed by atoms with Crippen molar-refractivity contribution in [2.24, 2.45) is 0 Å². The molecule has 0 aliphatic rings. The van der Waals surface area contributed by atoms with Crippen molar-refractivity contribution in [1.82, 2.24) is 0 Å². The van der Waals surface area contributed by atoms with Crippen LogP contribution in [0.5, 0.6) is 0 Å². The number of hydrogen-bond donors (Lipinski definition) is 0. The van der Waals surface area contributed by atoms with Gasteiger partial charge in [0.15, 0.2) is 0 Å². The van der Waals surface area contributed by atoms with Gasteiger partial charge in [-0.1, -0.05) is 31.2 Å². The quantitative estimate of drug-likeness (QED) is 0.582. The zero-order valence-corrected chi connectivity index (χ0v) is 12.6. The van der Waals surface area contributed by atoms with Gasteiger partial charge in [-0.05, 0) is 25.0 Å². The van der Waals surface area contributed by atoms with Crippen LogP contribution in [0.3, 0.4) is 0 Å². The summed E-state index contributed by atoms with van der Waals surface area (Å²) >= 11 is 0. The van der Waals surface area contributed by atoms with E-state index in [0.29, 0.717) is 11.1 Å². The first-order valence-corrected chi connectivity index (χ1v) is 6.47. The normalized spacial score (nSPS) is 16.6. The zero-order chi connectivity index (χ0) is 13.5. The van der Waals surface area contributed by atoms with E-state index in [1.54, 1.807) is 19.1 Å². The summed E-state index contributed by atoms with van der Waals surface area (Å²) < 4.78 is 28.1. The lowest BCUT2D eigenvalue weighted by atomic mass is 9.74. The summed E-state index contributed by atoms with van der Waals surface area (Å²) in [6.45, 7) is 4.58. The highest BCUT2D eigenvalue weighted by molar-refractivity contribution is 7.40. The van der Waals surface area contributed by atoms with Gasteiger partial charge in [0.1, 0.15) is 19.1 Å². The molecule has 5 heteroatoms. The van der Waals surface area contributed by atoms with E-state index in [-0.39, 0.29) is 0 Å². The molecular weight excluding hydrogens is 255 g/mol. The minimum Gasteiger partial charge on any atom is -0.249 e. The second-order valence-corrected chi connectivity index (χ2v) is 8.11. The summed E-state index contributed by atoms with van der Waals surface area (Å²) in [6, 6.07) is 6.20. The van der Waals surface area contributed by atoms with Crippen molar-refractivity contribution in [2.45, 2.75) is 36.9 Å². The maximum atomic E-state index is 14.4. The van der Waals surface area contributed by atoms with Gasteiger partial charge in [-0.15, -0.1) is 18.5 Å². The van der Waals surface area contributed by atoms with Crippen LogP contribution in [0.2, 0.25) is 0 Å². The predicted octanol–water partition coefficient (Wildman–Crippen LogP) is 3.65. The van der Waals surface area contributed by atoms with Crippen molar-refractivity contribution >= 4 is 26.3 Å². The molecule has 0 bridgehead atoms. The Morgan fingerprint density at radius 2 is 1.29 bits per heavy atom. The lowest BCUT2D eigenvalue weighted by Gasteiger charge is -2.35. The summed E-state index contributed by atoms with van der Waals surface area (Å²) in [7, 11) is 10.4. The Hall–Kier alpha value is 0.00494. The van der Waals surface area contributed by atoms with Gasteiger partial charge in [-0.2, -0.15) is 0 Å². The second-order valence-electron chi connectivity index (χ2n) is 5.04. The molecule has 0 nitrogen and oxygen atoms in total. The number of alkyl halides is 2. The van der Waals surface area contributed by atoms with E-state index in [4.69, 9.17) is 7.85 Å². The first-order valence-electron chi connectivity index (χ1n) is 5.32. The van der Waals surface area contributed by atoms with E-state index in [1.165, 1.54) is 26.0 Å². The van der Waals surface area contributed by atoms with Crippen molar-refractivity contribution < 1.29 is 8.78 Å². The summed E-state index contributed by atoms with van der Waals surface area (Å²) in [5.41, 5.74) is -2.59. The maximum Gasteiger partial charge on any atom is 0.130 e. The van der Waals surface area contributed by atoms with Gasteiger partial charge in [0.2, 0.25) is 0 Å². The van der Waals surface area contributed by atoms with Crippen LogP contribution < -0.4 is 0 Å². The highest BCUT2D eigenvalue weighted by atomic mass is 31.1. The SMILES string of the molecule is [B]C(F)(c1ccc(C(C)(C)F)cc1)C(C)(P)P. The third-order valence-corrected chi connectivity index (χ3v) is 3.62. The first kappa shape index (κ1) is 15.1. The molecule has 0 heterocycles.